The van der Waals surface area contributed by atoms with E-state index in [-0.39, 0.29) is 5.69 Å². The quantitative estimate of drug-likeness (QED) is 0.481. The van der Waals surface area contributed by atoms with Gasteiger partial charge in [-0.2, -0.15) is 9.78 Å². The molecule has 4 aromatic rings. The predicted molar refractivity (Wildman–Crippen MR) is 129 cm³/mol. The third-order valence-electron chi connectivity index (χ3n) is 5.54. The van der Waals surface area contributed by atoms with Crippen LogP contribution in [-0.2, 0) is 0 Å². The number of carbonyl (C=O) groups excluding carboxylic acids is 1. The summed E-state index contributed by atoms with van der Waals surface area (Å²) in [4.78, 5) is 34.0. The second kappa shape index (κ2) is 8.49. The van der Waals surface area contributed by atoms with Gasteiger partial charge in [-0.25, -0.2) is 4.98 Å². The number of rotatable bonds is 3. The lowest BCUT2D eigenvalue weighted by Gasteiger charge is -2.34. The SMILES string of the molecule is Cc1cccc(-n2nc(C(=O)N3CCN(c4nc5ccc(Cl)cc5s4)CC3)c(O)cc2=O)c1. The summed E-state index contributed by atoms with van der Waals surface area (Å²) in [6.07, 6.45) is 0. The molecule has 0 radical (unpaired) electrons. The molecule has 5 rings (SSSR count). The Bertz CT molecular complexity index is 1430. The molecule has 33 heavy (non-hydrogen) atoms. The van der Waals surface area contributed by atoms with Gasteiger partial charge in [0.15, 0.2) is 16.6 Å². The summed E-state index contributed by atoms with van der Waals surface area (Å²) in [7, 11) is 0. The number of benzene rings is 2. The van der Waals surface area contributed by atoms with E-state index >= 15 is 0 Å². The lowest BCUT2D eigenvalue weighted by Crippen LogP contribution is -2.49. The molecule has 8 nitrogen and oxygen atoms in total. The summed E-state index contributed by atoms with van der Waals surface area (Å²) in [5, 5.41) is 16.1. The zero-order chi connectivity index (χ0) is 23.1. The largest absolute Gasteiger partial charge is 0.505 e. The molecule has 3 heterocycles. The van der Waals surface area contributed by atoms with Gasteiger partial charge in [-0.15, -0.1) is 0 Å². The number of aromatic hydroxyl groups is 1. The number of amides is 1. The zero-order valence-electron chi connectivity index (χ0n) is 17.7. The Labute approximate surface area is 198 Å². The normalized spacial score (nSPS) is 14.1. The molecule has 1 aliphatic rings. The van der Waals surface area contributed by atoms with E-state index in [0.29, 0.717) is 36.9 Å². The number of aromatic nitrogens is 3. The molecular formula is C23H20ClN5O3S. The Morgan fingerprint density at radius 2 is 1.88 bits per heavy atom. The van der Waals surface area contributed by atoms with Gasteiger partial charge in [0, 0.05) is 37.3 Å². The number of carbonyl (C=O) groups is 1. The highest BCUT2D eigenvalue weighted by Crippen LogP contribution is 2.31. The summed E-state index contributed by atoms with van der Waals surface area (Å²) in [5.41, 5.74) is 1.74. The van der Waals surface area contributed by atoms with E-state index in [0.717, 1.165) is 31.7 Å². The van der Waals surface area contributed by atoms with Crippen molar-refractivity contribution in [1.29, 1.82) is 0 Å². The molecule has 0 atom stereocenters. The Hall–Kier alpha value is -3.43. The molecule has 1 fully saturated rings. The fourth-order valence-electron chi connectivity index (χ4n) is 3.82. The third-order valence-corrected chi connectivity index (χ3v) is 6.85. The third kappa shape index (κ3) is 4.17. The number of fused-ring (bicyclic) bond motifs is 1. The van der Waals surface area contributed by atoms with Crippen molar-refractivity contribution in [2.75, 3.05) is 31.1 Å². The van der Waals surface area contributed by atoms with Gasteiger partial charge in [0.25, 0.3) is 11.5 Å². The van der Waals surface area contributed by atoms with Crippen LogP contribution in [0.4, 0.5) is 5.13 Å². The number of piperazine rings is 1. The first-order chi connectivity index (χ1) is 15.9. The lowest BCUT2D eigenvalue weighted by atomic mass is 10.2. The van der Waals surface area contributed by atoms with E-state index in [1.807, 2.05) is 37.3 Å². The molecule has 0 spiro atoms. The number of aryl methyl sites for hydroxylation is 1. The van der Waals surface area contributed by atoms with Gasteiger partial charge in [0.05, 0.1) is 15.9 Å². The molecule has 1 amide bonds. The molecule has 0 saturated carbocycles. The average molecular weight is 482 g/mol. The van der Waals surface area contributed by atoms with Crippen molar-refractivity contribution in [3.63, 3.8) is 0 Å². The number of hydrogen-bond donors (Lipinski definition) is 1. The highest BCUT2D eigenvalue weighted by Gasteiger charge is 2.27. The molecular weight excluding hydrogens is 462 g/mol. The fourth-order valence-corrected chi connectivity index (χ4v) is 5.11. The van der Waals surface area contributed by atoms with E-state index in [1.165, 1.54) is 0 Å². The van der Waals surface area contributed by atoms with Crippen LogP contribution in [0.3, 0.4) is 0 Å². The number of hydrogen-bond acceptors (Lipinski definition) is 7. The molecule has 0 unspecified atom stereocenters. The Morgan fingerprint density at radius 3 is 2.64 bits per heavy atom. The molecule has 10 heteroatoms. The second-order valence-electron chi connectivity index (χ2n) is 7.85. The molecule has 168 valence electrons. The van der Waals surface area contributed by atoms with Gasteiger partial charge >= 0.3 is 0 Å². The van der Waals surface area contributed by atoms with Gasteiger partial charge in [0.2, 0.25) is 0 Å². The molecule has 2 aromatic heterocycles. The highest BCUT2D eigenvalue weighted by molar-refractivity contribution is 7.22. The number of nitrogens with zero attached hydrogens (tertiary/aromatic N) is 5. The molecule has 1 saturated heterocycles. The van der Waals surface area contributed by atoms with Crippen LogP contribution in [-0.4, -0.2) is 56.9 Å². The van der Waals surface area contributed by atoms with E-state index in [4.69, 9.17) is 11.6 Å². The van der Waals surface area contributed by atoms with Crippen molar-refractivity contribution in [2.45, 2.75) is 6.92 Å². The smallest absolute Gasteiger partial charge is 0.278 e. The van der Waals surface area contributed by atoms with Crippen LogP contribution in [0, 0.1) is 6.92 Å². The zero-order valence-corrected chi connectivity index (χ0v) is 19.3. The summed E-state index contributed by atoms with van der Waals surface area (Å²) >= 11 is 7.65. The van der Waals surface area contributed by atoms with Crippen molar-refractivity contribution >= 4 is 44.2 Å². The minimum absolute atomic E-state index is 0.140. The first-order valence-electron chi connectivity index (χ1n) is 10.4. The molecule has 2 aromatic carbocycles. The number of anilines is 1. The van der Waals surface area contributed by atoms with Crippen molar-refractivity contribution < 1.29 is 9.90 Å². The van der Waals surface area contributed by atoms with Crippen molar-refractivity contribution in [1.82, 2.24) is 19.7 Å². The maximum Gasteiger partial charge on any atom is 0.278 e. The van der Waals surface area contributed by atoms with Crippen LogP contribution in [0.5, 0.6) is 5.75 Å². The van der Waals surface area contributed by atoms with Crippen LogP contribution < -0.4 is 10.5 Å². The number of halogens is 1. The van der Waals surface area contributed by atoms with Crippen molar-refractivity contribution in [3.05, 3.63) is 75.2 Å². The van der Waals surface area contributed by atoms with Crippen LogP contribution in [0.15, 0.2) is 53.3 Å². The molecule has 0 bridgehead atoms. The highest BCUT2D eigenvalue weighted by atomic mass is 35.5. The summed E-state index contributed by atoms with van der Waals surface area (Å²) in [6, 6.07) is 13.9. The monoisotopic (exact) mass is 481 g/mol. The Kier molecular flexibility index (Phi) is 5.51. The van der Waals surface area contributed by atoms with Crippen LogP contribution in [0.1, 0.15) is 16.1 Å². The van der Waals surface area contributed by atoms with Gasteiger partial charge in [-0.3, -0.25) is 9.59 Å². The van der Waals surface area contributed by atoms with E-state index in [1.54, 1.807) is 28.4 Å². The van der Waals surface area contributed by atoms with E-state index < -0.39 is 17.2 Å². The molecule has 1 aliphatic heterocycles. The summed E-state index contributed by atoms with van der Waals surface area (Å²) in [5.74, 6) is -0.830. The van der Waals surface area contributed by atoms with Gasteiger partial charge in [-0.05, 0) is 42.8 Å². The van der Waals surface area contributed by atoms with E-state index in [9.17, 15) is 14.7 Å². The van der Waals surface area contributed by atoms with Crippen LogP contribution in [0.25, 0.3) is 15.9 Å². The topological polar surface area (TPSA) is 91.6 Å². The lowest BCUT2D eigenvalue weighted by molar-refractivity contribution is 0.0735. The summed E-state index contributed by atoms with van der Waals surface area (Å²) in [6.45, 7) is 3.98. The molecule has 1 N–H and O–H groups in total. The average Bonchev–Trinajstić information content (AvgIpc) is 3.22. The minimum Gasteiger partial charge on any atom is -0.505 e. The number of thiazole rings is 1. The first kappa shape index (κ1) is 21.4. The minimum atomic E-state index is -0.504. The predicted octanol–water partition coefficient (Wildman–Crippen LogP) is 3.47. The Morgan fingerprint density at radius 1 is 1.09 bits per heavy atom. The van der Waals surface area contributed by atoms with Crippen LogP contribution >= 0.6 is 22.9 Å². The van der Waals surface area contributed by atoms with Gasteiger partial charge in [0.1, 0.15) is 0 Å². The van der Waals surface area contributed by atoms with Gasteiger partial charge in [-0.1, -0.05) is 35.1 Å². The standard InChI is InChI=1S/C23H20ClN5O3S/c1-14-3-2-4-16(11-14)29-20(31)13-18(30)21(26-29)22(32)27-7-9-28(10-8-27)23-25-17-6-5-15(24)12-19(17)33-23/h2-6,11-13,30H,7-10H2,1H3. The molecule has 0 aliphatic carbocycles. The Balaban J connectivity index is 1.35. The maximum absolute atomic E-state index is 13.1. The van der Waals surface area contributed by atoms with Crippen molar-refractivity contribution in [2.24, 2.45) is 0 Å². The fraction of sp³-hybridized carbons (Fsp3) is 0.217. The van der Waals surface area contributed by atoms with Crippen LogP contribution in [0.2, 0.25) is 5.02 Å². The van der Waals surface area contributed by atoms with Gasteiger partial charge < -0.3 is 14.9 Å². The van der Waals surface area contributed by atoms with Crippen molar-refractivity contribution in [3.8, 4) is 11.4 Å². The first-order valence-corrected chi connectivity index (χ1v) is 11.6. The second-order valence-corrected chi connectivity index (χ2v) is 9.30. The maximum atomic E-state index is 13.1. The summed E-state index contributed by atoms with van der Waals surface area (Å²) < 4.78 is 2.16. The van der Waals surface area contributed by atoms with E-state index in [2.05, 4.69) is 15.0 Å².